The van der Waals surface area contributed by atoms with Gasteiger partial charge in [-0.2, -0.15) is 0 Å². The molecule has 0 saturated heterocycles. The van der Waals surface area contributed by atoms with Gasteiger partial charge in [0.15, 0.2) is 5.78 Å². The maximum atomic E-state index is 12.5. The maximum absolute atomic E-state index is 12.5. The van der Waals surface area contributed by atoms with Crippen molar-refractivity contribution < 1.29 is 13.2 Å². The van der Waals surface area contributed by atoms with Crippen LogP contribution in [0.4, 0.5) is 5.69 Å². The van der Waals surface area contributed by atoms with Crippen LogP contribution in [0.15, 0.2) is 76.1 Å². The number of allylic oxidation sites excluding steroid dienone is 1. The second-order valence-electron chi connectivity index (χ2n) is 4.95. The van der Waals surface area contributed by atoms with Gasteiger partial charge >= 0.3 is 0 Å². The van der Waals surface area contributed by atoms with Crippen molar-refractivity contribution in [1.29, 1.82) is 0 Å². The molecule has 1 N–H and O–H groups in total. The molecule has 1 heterocycles. The summed E-state index contributed by atoms with van der Waals surface area (Å²) in [5, 5.41) is 0. The number of hydrogen-bond donors (Lipinski definition) is 1. The van der Waals surface area contributed by atoms with Crippen molar-refractivity contribution in [2.75, 3.05) is 11.3 Å². The molecule has 116 valence electrons. The third kappa shape index (κ3) is 3.22. The van der Waals surface area contributed by atoms with Gasteiger partial charge in [-0.1, -0.05) is 36.4 Å². The van der Waals surface area contributed by atoms with E-state index in [1.54, 1.807) is 48.5 Å². The second-order valence-corrected chi connectivity index (χ2v) is 6.63. The molecule has 2 aromatic carbocycles. The van der Waals surface area contributed by atoms with Gasteiger partial charge in [0.05, 0.1) is 17.1 Å². The Kier molecular flexibility index (Phi) is 4.08. The van der Waals surface area contributed by atoms with Crippen molar-refractivity contribution >= 4 is 27.7 Å². The van der Waals surface area contributed by atoms with Gasteiger partial charge in [-0.25, -0.2) is 8.42 Å². The van der Waals surface area contributed by atoms with Gasteiger partial charge in [0.1, 0.15) is 0 Å². The number of ketones is 1. The Labute approximate surface area is 134 Å². The lowest BCUT2D eigenvalue weighted by atomic mass is 10.0. The first-order valence-corrected chi connectivity index (χ1v) is 8.48. The minimum Gasteiger partial charge on any atom is -0.288 e. The minimum absolute atomic E-state index is 0.142. The van der Waals surface area contributed by atoms with Crippen molar-refractivity contribution in [3.8, 4) is 0 Å². The van der Waals surface area contributed by atoms with Crippen LogP contribution < -0.4 is 4.72 Å². The monoisotopic (exact) mass is 326 g/mol. The zero-order valence-electron chi connectivity index (χ0n) is 12.1. The summed E-state index contributed by atoms with van der Waals surface area (Å²) in [5.74, 6) is -0.252. The van der Waals surface area contributed by atoms with Crippen molar-refractivity contribution in [3.05, 3.63) is 71.8 Å². The van der Waals surface area contributed by atoms with E-state index in [0.29, 0.717) is 17.7 Å². The van der Waals surface area contributed by atoms with Gasteiger partial charge in [-0.3, -0.25) is 14.5 Å². The zero-order valence-corrected chi connectivity index (χ0v) is 13.0. The molecule has 0 atom stereocenters. The zero-order chi connectivity index (χ0) is 16.3. The van der Waals surface area contributed by atoms with Gasteiger partial charge in [0, 0.05) is 17.4 Å². The van der Waals surface area contributed by atoms with Gasteiger partial charge in [-0.15, -0.1) is 0 Å². The number of rotatable bonds is 5. The van der Waals surface area contributed by atoms with Crippen LogP contribution in [0.5, 0.6) is 0 Å². The molecule has 0 aromatic heterocycles. The molecule has 0 saturated carbocycles. The van der Waals surface area contributed by atoms with Crippen LogP contribution in [0.2, 0.25) is 0 Å². The highest BCUT2D eigenvalue weighted by Gasteiger charge is 2.20. The Hall–Kier alpha value is -2.73. The second kappa shape index (κ2) is 6.18. The highest BCUT2D eigenvalue weighted by molar-refractivity contribution is 7.92. The van der Waals surface area contributed by atoms with Crippen molar-refractivity contribution in [1.82, 2.24) is 0 Å². The fourth-order valence-corrected chi connectivity index (χ4v) is 3.34. The SMILES string of the molecule is O=C(C1=CCN=C1)c1ccccc1NS(=O)(=O)c1ccccc1. The molecular weight excluding hydrogens is 312 g/mol. The van der Waals surface area contributed by atoms with Crippen LogP contribution >= 0.6 is 0 Å². The first-order chi connectivity index (χ1) is 11.1. The van der Waals surface area contributed by atoms with Gasteiger partial charge in [-0.05, 0) is 24.3 Å². The smallest absolute Gasteiger partial charge is 0.261 e. The number of nitrogens with zero attached hydrogens (tertiary/aromatic N) is 1. The van der Waals surface area contributed by atoms with Crippen LogP contribution in [-0.2, 0) is 10.0 Å². The molecule has 23 heavy (non-hydrogen) atoms. The Morgan fingerprint density at radius 2 is 1.70 bits per heavy atom. The molecule has 0 aliphatic carbocycles. The topological polar surface area (TPSA) is 75.6 Å². The Bertz CT molecular complexity index is 900. The number of aliphatic imine (C=N–C) groups is 1. The summed E-state index contributed by atoms with van der Waals surface area (Å²) in [5.41, 5.74) is 1.02. The number of para-hydroxylation sites is 1. The number of hydrogen-bond acceptors (Lipinski definition) is 4. The van der Waals surface area contributed by atoms with E-state index in [2.05, 4.69) is 9.71 Å². The predicted molar refractivity (Wildman–Crippen MR) is 89.5 cm³/mol. The van der Waals surface area contributed by atoms with Gasteiger partial charge in [0.2, 0.25) is 0 Å². The van der Waals surface area contributed by atoms with Crippen molar-refractivity contribution in [3.63, 3.8) is 0 Å². The standard InChI is InChI=1S/C17H14N2O3S/c20-17(13-10-11-18-12-13)15-8-4-5-9-16(15)19-23(21,22)14-6-2-1-3-7-14/h1-10,12,19H,11H2. The summed E-state index contributed by atoms with van der Waals surface area (Å²) in [6, 6.07) is 14.6. The summed E-state index contributed by atoms with van der Waals surface area (Å²) >= 11 is 0. The van der Waals surface area contributed by atoms with Crippen molar-refractivity contribution in [2.45, 2.75) is 4.90 Å². The van der Waals surface area contributed by atoms with E-state index in [1.165, 1.54) is 18.3 Å². The van der Waals surface area contributed by atoms with Crippen molar-refractivity contribution in [2.24, 2.45) is 4.99 Å². The number of carbonyl (C=O) groups is 1. The molecule has 5 nitrogen and oxygen atoms in total. The highest BCUT2D eigenvalue weighted by Crippen LogP contribution is 2.22. The summed E-state index contributed by atoms with van der Waals surface area (Å²) in [6.45, 7) is 0.471. The Balaban J connectivity index is 1.95. The normalized spacial score (nSPS) is 13.7. The molecule has 0 fully saturated rings. The minimum atomic E-state index is -3.75. The highest BCUT2D eigenvalue weighted by atomic mass is 32.2. The molecule has 2 aromatic rings. The first-order valence-electron chi connectivity index (χ1n) is 6.99. The average molecular weight is 326 g/mol. The van der Waals surface area contributed by atoms with Gasteiger partial charge in [0.25, 0.3) is 10.0 Å². The third-order valence-electron chi connectivity index (χ3n) is 3.38. The lowest BCUT2D eigenvalue weighted by Crippen LogP contribution is -2.16. The fourth-order valence-electron chi connectivity index (χ4n) is 2.24. The molecular formula is C17H14N2O3S. The number of Topliss-reactive ketones (excluding diaryl/α,β-unsaturated/α-hetero) is 1. The lowest BCUT2D eigenvalue weighted by Gasteiger charge is -2.12. The van der Waals surface area contributed by atoms with E-state index in [9.17, 15) is 13.2 Å². The Morgan fingerprint density at radius 3 is 2.39 bits per heavy atom. The van der Waals surface area contributed by atoms with Crippen LogP contribution in [0, 0.1) is 0 Å². The quantitative estimate of drug-likeness (QED) is 0.858. The largest absolute Gasteiger partial charge is 0.288 e. The van der Waals surface area contributed by atoms with E-state index in [4.69, 9.17) is 0 Å². The van der Waals surface area contributed by atoms with E-state index < -0.39 is 10.0 Å². The lowest BCUT2D eigenvalue weighted by molar-refractivity contribution is 0.104. The summed E-state index contributed by atoms with van der Waals surface area (Å²) in [6.07, 6.45) is 3.22. The molecule has 6 heteroatoms. The Morgan fingerprint density at radius 1 is 1.00 bits per heavy atom. The van der Waals surface area contributed by atoms with Crippen LogP contribution in [-0.4, -0.2) is 27.0 Å². The molecule has 0 unspecified atom stereocenters. The summed E-state index contributed by atoms with van der Waals surface area (Å²) < 4.78 is 27.4. The molecule has 3 rings (SSSR count). The first kappa shape index (κ1) is 15.2. The number of sulfonamides is 1. The third-order valence-corrected chi connectivity index (χ3v) is 4.76. The molecule has 0 spiro atoms. The number of carbonyl (C=O) groups excluding carboxylic acids is 1. The maximum Gasteiger partial charge on any atom is 0.261 e. The molecule has 1 aliphatic rings. The summed E-state index contributed by atoms with van der Waals surface area (Å²) in [7, 11) is -3.75. The predicted octanol–water partition coefficient (Wildman–Crippen LogP) is 2.68. The van der Waals surface area contributed by atoms with E-state index in [0.717, 1.165) is 0 Å². The molecule has 0 radical (unpaired) electrons. The number of anilines is 1. The van der Waals surface area contributed by atoms with Gasteiger partial charge < -0.3 is 0 Å². The van der Waals surface area contributed by atoms with Crippen LogP contribution in [0.3, 0.4) is 0 Å². The number of nitrogens with one attached hydrogen (secondary N) is 1. The van der Waals surface area contributed by atoms with E-state index in [1.807, 2.05) is 0 Å². The van der Waals surface area contributed by atoms with Crippen LogP contribution in [0.1, 0.15) is 10.4 Å². The number of benzene rings is 2. The molecule has 0 bridgehead atoms. The average Bonchev–Trinajstić information content (AvgIpc) is 3.10. The van der Waals surface area contributed by atoms with Crippen LogP contribution in [0.25, 0.3) is 0 Å². The molecule has 1 aliphatic heterocycles. The molecule has 0 amide bonds. The van der Waals surface area contributed by atoms with E-state index >= 15 is 0 Å². The van der Waals surface area contributed by atoms with E-state index in [-0.39, 0.29) is 16.4 Å². The fraction of sp³-hybridized carbons (Fsp3) is 0.0588. The summed E-state index contributed by atoms with van der Waals surface area (Å²) in [4.78, 5) is 16.6.